The first-order valence-corrected chi connectivity index (χ1v) is 5.53. The maximum atomic E-state index is 11.5. The molecule has 0 saturated carbocycles. The summed E-state index contributed by atoms with van der Waals surface area (Å²) in [5, 5.41) is 2.69. The van der Waals surface area contributed by atoms with Crippen LogP contribution in [0.4, 0.5) is 10.5 Å². The van der Waals surface area contributed by atoms with Crippen molar-refractivity contribution in [2.75, 3.05) is 5.32 Å². The number of hydrogen-bond donors (Lipinski definition) is 1. The Morgan fingerprint density at radius 3 is 2.25 bits per heavy atom. The highest BCUT2D eigenvalue weighted by atomic mass is 16.6. The molecule has 0 aliphatic heterocycles. The molecular weight excluding hydrogens is 202 g/mol. The Balaban J connectivity index is 2.48. The van der Waals surface area contributed by atoms with Crippen LogP contribution < -0.4 is 5.32 Å². The fraction of sp³-hybridized carbons (Fsp3) is 0.462. The van der Waals surface area contributed by atoms with Gasteiger partial charge in [0.1, 0.15) is 6.10 Å². The number of carbonyl (C=O) groups excluding carboxylic acids is 1. The largest absolute Gasteiger partial charge is 0.446 e. The van der Waals surface area contributed by atoms with Crippen molar-refractivity contribution < 1.29 is 9.53 Å². The van der Waals surface area contributed by atoms with Gasteiger partial charge in [-0.25, -0.2) is 4.79 Å². The van der Waals surface area contributed by atoms with E-state index < -0.39 is 6.09 Å². The standard InChI is InChI=1S/C13H19NO2/c1-9(2)11(4)16-13(15)14-12-7-5-10(3)6-8-12/h5-9,11H,1-4H3,(H,14,15). The molecule has 0 spiro atoms. The van der Waals surface area contributed by atoms with Gasteiger partial charge in [0, 0.05) is 5.69 Å². The Morgan fingerprint density at radius 2 is 1.75 bits per heavy atom. The fourth-order valence-corrected chi connectivity index (χ4v) is 1.09. The van der Waals surface area contributed by atoms with Crippen LogP contribution in [0.3, 0.4) is 0 Å². The average molecular weight is 221 g/mol. The number of carbonyl (C=O) groups is 1. The molecule has 1 atom stereocenters. The van der Waals surface area contributed by atoms with E-state index in [1.165, 1.54) is 0 Å². The molecule has 3 nitrogen and oxygen atoms in total. The van der Waals surface area contributed by atoms with Gasteiger partial charge in [-0.3, -0.25) is 5.32 Å². The topological polar surface area (TPSA) is 38.3 Å². The molecule has 0 aliphatic rings. The minimum atomic E-state index is -0.398. The highest BCUT2D eigenvalue weighted by Crippen LogP contribution is 2.11. The maximum Gasteiger partial charge on any atom is 0.411 e. The molecule has 0 saturated heterocycles. The van der Waals surface area contributed by atoms with Gasteiger partial charge in [0.05, 0.1) is 0 Å². The van der Waals surface area contributed by atoms with Crippen LogP contribution in [0.1, 0.15) is 26.3 Å². The van der Waals surface area contributed by atoms with Crippen LogP contribution in [0.2, 0.25) is 0 Å². The summed E-state index contributed by atoms with van der Waals surface area (Å²) in [5.74, 6) is 0.323. The number of rotatable bonds is 3. The van der Waals surface area contributed by atoms with E-state index in [4.69, 9.17) is 4.74 Å². The summed E-state index contributed by atoms with van der Waals surface area (Å²) in [7, 11) is 0. The number of benzene rings is 1. The molecule has 16 heavy (non-hydrogen) atoms. The lowest BCUT2D eigenvalue weighted by Gasteiger charge is -2.16. The quantitative estimate of drug-likeness (QED) is 0.847. The third-order valence-corrected chi connectivity index (χ3v) is 2.53. The molecule has 3 heteroatoms. The van der Waals surface area contributed by atoms with Gasteiger partial charge in [0.15, 0.2) is 0 Å². The van der Waals surface area contributed by atoms with Crippen LogP contribution in [0.25, 0.3) is 0 Å². The third kappa shape index (κ3) is 3.93. The zero-order valence-corrected chi connectivity index (χ0v) is 10.3. The van der Waals surface area contributed by atoms with Gasteiger partial charge in [-0.15, -0.1) is 0 Å². The van der Waals surface area contributed by atoms with Gasteiger partial charge in [-0.2, -0.15) is 0 Å². The predicted molar refractivity (Wildman–Crippen MR) is 65.6 cm³/mol. The molecule has 0 bridgehead atoms. The zero-order valence-electron chi connectivity index (χ0n) is 10.3. The average Bonchev–Trinajstić information content (AvgIpc) is 2.21. The molecule has 1 unspecified atom stereocenters. The summed E-state index contributed by atoms with van der Waals surface area (Å²) in [6, 6.07) is 7.61. The number of aryl methyl sites for hydroxylation is 1. The van der Waals surface area contributed by atoms with E-state index in [1.807, 2.05) is 52.0 Å². The molecular formula is C13H19NO2. The van der Waals surface area contributed by atoms with Crippen LogP contribution in [0.5, 0.6) is 0 Å². The number of hydrogen-bond acceptors (Lipinski definition) is 2. The minimum absolute atomic E-state index is 0.0783. The summed E-state index contributed by atoms with van der Waals surface area (Å²) in [6.07, 6.45) is -0.476. The van der Waals surface area contributed by atoms with Gasteiger partial charge >= 0.3 is 6.09 Å². The summed E-state index contributed by atoms with van der Waals surface area (Å²) < 4.78 is 5.20. The summed E-state index contributed by atoms with van der Waals surface area (Å²) in [6.45, 7) is 7.93. The first-order chi connectivity index (χ1) is 7.49. The van der Waals surface area contributed by atoms with Crippen molar-refractivity contribution in [1.29, 1.82) is 0 Å². The van der Waals surface area contributed by atoms with E-state index in [0.717, 1.165) is 11.3 Å². The van der Waals surface area contributed by atoms with Crippen molar-refractivity contribution in [2.45, 2.75) is 33.8 Å². The van der Waals surface area contributed by atoms with E-state index in [9.17, 15) is 4.79 Å². The molecule has 1 aromatic carbocycles. The Morgan fingerprint density at radius 1 is 1.19 bits per heavy atom. The number of anilines is 1. The highest BCUT2D eigenvalue weighted by Gasteiger charge is 2.12. The second kappa shape index (κ2) is 5.54. The van der Waals surface area contributed by atoms with Gasteiger partial charge < -0.3 is 4.74 Å². The van der Waals surface area contributed by atoms with Crippen molar-refractivity contribution in [1.82, 2.24) is 0 Å². The van der Waals surface area contributed by atoms with Crippen LogP contribution in [-0.4, -0.2) is 12.2 Å². The molecule has 88 valence electrons. The minimum Gasteiger partial charge on any atom is -0.446 e. The van der Waals surface area contributed by atoms with Crippen molar-refractivity contribution in [2.24, 2.45) is 5.92 Å². The first kappa shape index (κ1) is 12.6. The molecule has 1 N–H and O–H groups in total. The summed E-state index contributed by atoms with van der Waals surface area (Å²) in [4.78, 5) is 11.5. The summed E-state index contributed by atoms with van der Waals surface area (Å²) in [5.41, 5.74) is 1.92. The Kier molecular flexibility index (Phi) is 4.35. The second-order valence-corrected chi connectivity index (χ2v) is 4.35. The highest BCUT2D eigenvalue weighted by molar-refractivity contribution is 5.84. The van der Waals surface area contributed by atoms with Crippen LogP contribution in [-0.2, 0) is 4.74 Å². The molecule has 1 aromatic rings. The van der Waals surface area contributed by atoms with E-state index in [2.05, 4.69) is 5.32 Å². The summed E-state index contributed by atoms with van der Waals surface area (Å²) >= 11 is 0. The normalized spacial score (nSPS) is 12.3. The first-order valence-electron chi connectivity index (χ1n) is 5.53. The number of nitrogens with one attached hydrogen (secondary N) is 1. The Labute approximate surface area is 96.8 Å². The van der Waals surface area contributed by atoms with E-state index in [1.54, 1.807) is 0 Å². The van der Waals surface area contributed by atoms with E-state index in [0.29, 0.717) is 5.92 Å². The van der Waals surface area contributed by atoms with Gasteiger partial charge in [-0.1, -0.05) is 31.5 Å². The molecule has 0 radical (unpaired) electrons. The van der Waals surface area contributed by atoms with Gasteiger partial charge in [-0.05, 0) is 31.9 Å². The molecule has 0 fully saturated rings. The SMILES string of the molecule is Cc1ccc(NC(=O)OC(C)C(C)C)cc1. The van der Waals surface area contributed by atoms with Crippen molar-refractivity contribution in [3.8, 4) is 0 Å². The van der Waals surface area contributed by atoms with E-state index in [-0.39, 0.29) is 6.10 Å². The van der Waals surface area contributed by atoms with Crippen LogP contribution in [0, 0.1) is 12.8 Å². The molecule has 0 aliphatic carbocycles. The number of ether oxygens (including phenoxy) is 1. The van der Waals surface area contributed by atoms with Crippen LogP contribution in [0.15, 0.2) is 24.3 Å². The predicted octanol–water partition coefficient (Wildman–Crippen LogP) is 3.59. The Hall–Kier alpha value is -1.51. The van der Waals surface area contributed by atoms with E-state index >= 15 is 0 Å². The van der Waals surface area contributed by atoms with Crippen molar-refractivity contribution in [3.63, 3.8) is 0 Å². The second-order valence-electron chi connectivity index (χ2n) is 4.35. The lowest BCUT2D eigenvalue weighted by molar-refractivity contribution is 0.0940. The number of amides is 1. The molecule has 0 heterocycles. The lowest BCUT2D eigenvalue weighted by atomic mass is 10.1. The fourth-order valence-electron chi connectivity index (χ4n) is 1.09. The maximum absolute atomic E-state index is 11.5. The van der Waals surface area contributed by atoms with Gasteiger partial charge in [0.25, 0.3) is 0 Å². The molecule has 1 rings (SSSR count). The Bertz CT molecular complexity index is 343. The molecule has 1 amide bonds. The lowest BCUT2D eigenvalue weighted by Crippen LogP contribution is -2.23. The third-order valence-electron chi connectivity index (χ3n) is 2.53. The van der Waals surface area contributed by atoms with Crippen molar-refractivity contribution in [3.05, 3.63) is 29.8 Å². The van der Waals surface area contributed by atoms with Crippen LogP contribution >= 0.6 is 0 Å². The zero-order chi connectivity index (χ0) is 12.1. The monoisotopic (exact) mass is 221 g/mol. The molecule has 0 aromatic heterocycles. The van der Waals surface area contributed by atoms with Gasteiger partial charge in [0.2, 0.25) is 0 Å². The smallest absolute Gasteiger partial charge is 0.411 e. The van der Waals surface area contributed by atoms with Crippen molar-refractivity contribution >= 4 is 11.8 Å².